The number of unbranched alkanes of at least 4 members (excludes halogenated alkanes) is 1. The van der Waals surface area contributed by atoms with Crippen LogP contribution in [-0.4, -0.2) is 46.7 Å². The summed E-state index contributed by atoms with van der Waals surface area (Å²) in [7, 11) is -6.27. The summed E-state index contributed by atoms with van der Waals surface area (Å²) in [5.74, 6) is 1.44. The van der Waals surface area contributed by atoms with Crippen LogP contribution in [0.2, 0.25) is 6.04 Å². The van der Waals surface area contributed by atoms with E-state index in [4.69, 9.17) is 19.0 Å². The molecular formula is C32H42N7O4PSi. The molecule has 0 bridgehead atoms. The molecule has 0 saturated heterocycles. The third-order valence-corrected chi connectivity index (χ3v) is 13.3. The first-order valence-electron chi connectivity index (χ1n) is 15.3. The summed E-state index contributed by atoms with van der Waals surface area (Å²) in [4.78, 5) is 15.8. The molecule has 0 saturated carbocycles. The van der Waals surface area contributed by atoms with E-state index in [-0.39, 0.29) is 23.9 Å². The fraction of sp³-hybridized carbons (Fsp3) is 0.406. The summed E-state index contributed by atoms with van der Waals surface area (Å²) in [6.45, 7) is 10.2. The second kappa shape index (κ2) is 16.1. The van der Waals surface area contributed by atoms with Crippen molar-refractivity contribution in [2.75, 3.05) is 6.61 Å². The summed E-state index contributed by atoms with van der Waals surface area (Å²) in [5.41, 5.74) is 9.91. The van der Waals surface area contributed by atoms with Gasteiger partial charge in [-0.05, 0) is 54.8 Å². The molecule has 4 aromatic rings. The highest BCUT2D eigenvalue weighted by Gasteiger charge is 2.39. The Morgan fingerprint density at radius 1 is 0.978 bits per heavy atom. The average Bonchev–Trinajstić information content (AvgIpc) is 3.43. The van der Waals surface area contributed by atoms with Gasteiger partial charge in [-0.15, -0.1) is 0 Å². The van der Waals surface area contributed by atoms with Crippen LogP contribution in [0.3, 0.4) is 0 Å². The monoisotopic (exact) mass is 647 g/mol. The fourth-order valence-corrected chi connectivity index (χ4v) is 11.3. The molecular weight excluding hydrogens is 605 g/mol. The molecule has 2 heterocycles. The number of hydrogen-bond acceptors (Lipinski definition) is 8. The van der Waals surface area contributed by atoms with Crippen molar-refractivity contribution in [1.29, 1.82) is 0 Å². The van der Waals surface area contributed by atoms with Gasteiger partial charge in [0.2, 0.25) is 0 Å². The third-order valence-electron chi connectivity index (χ3n) is 7.12. The van der Waals surface area contributed by atoms with Crippen molar-refractivity contribution in [2.45, 2.75) is 72.3 Å². The number of nitrogens with zero attached hydrogens (tertiary/aromatic N) is 7. The molecule has 0 N–H and O–H groups in total. The Morgan fingerprint density at radius 2 is 1.60 bits per heavy atom. The Balaban J connectivity index is 1.77. The molecule has 0 aliphatic carbocycles. The number of benzene rings is 2. The summed E-state index contributed by atoms with van der Waals surface area (Å²) in [6.07, 6.45) is 6.31. The molecule has 0 amide bonds. The van der Waals surface area contributed by atoms with Crippen molar-refractivity contribution in [3.8, 4) is 0 Å². The largest absolute Gasteiger partial charge is 0.407 e. The van der Waals surface area contributed by atoms with Crippen LogP contribution >= 0.6 is 7.60 Å². The predicted octanol–water partition coefficient (Wildman–Crippen LogP) is 7.52. The van der Waals surface area contributed by atoms with Gasteiger partial charge in [-0.2, -0.15) is 0 Å². The molecule has 238 valence electrons. The lowest BCUT2D eigenvalue weighted by atomic mass is 10.1. The Labute approximate surface area is 266 Å². The molecule has 0 spiro atoms. The van der Waals surface area contributed by atoms with E-state index in [0.717, 1.165) is 18.9 Å². The maximum Gasteiger partial charge on any atom is 0.354 e. The quantitative estimate of drug-likeness (QED) is 0.0380. The SMILES string of the molecule is CCCC[Si](OCC(C=CP(=O)(OC(C)C)OC(C)C)Cn1cnc2c(N=[N+]=[N-])ncnc21)(c1ccccc1)c1ccccc1. The molecule has 1 atom stereocenters. The summed E-state index contributed by atoms with van der Waals surface area (Å²) < 4.78 is 34.5. The van der Waals surface area contributed by atoms with Crippen molar-refractivity contribution >= 4 is 43.3 Å². The fourth-order valence-electron chi connectivity index (χ4n) is 5.23. The molecule has 0 aliphatic heterocycles. The second-order valence-electron chi connectivity index (χ2n) is 11.4. The number of azide groups is 1. The first kappa shape index (κ1) is 34.2. The first-order chi connectivity index (χ1) is 21.7. The van der Waals surface area contributed by atoms with E-state index in [1.54, 1.807) is 12.1 Å². The Hall–Kier alpha value is -3.63. The minimum absolute atomic E-state index is 0.156. The number of fused-ring (bicyclic) bond motifs is 1. The van der Waals surface area contributed by atoms with Gasteiger partial charge in [0, 0.05) is 29.8 Å². The van der Waals surface area contributed by atoms with Gasteiger partial charge < -0.3 is 18.0 Å². The lowest BCUT2D eigenvalue weighted by Crippen LogP contribution is -2.61. The molecule has 0 fully saturated rings. The van der Waals surface area contributed by atoms with Gasteiger partial charge in [0.05, 0.1) is 18.5 Å². The highest BCUT2D eigenvalue weighted by molar-refractivity contribution is 7.57. The van der Waals surface area contributed by atoms with Crippen LogP contribution in [0.4, 0.5) is 5.82 Å². The summed E-state index contributed by atoms with van der Waals surface area (Å²) in [6, 6.07) is 21.9. The number of aromatic nitrogens is 4. The number of rotatable bonds is 17. The Bertz CT molecular complexity index is 1590. The Kier molecular flexibility index (Phi) is 12.2. The number of imidazole rings is 1. The molecule has 4 rings (SSSR count). The summed E-state index contributed by atoms with van der Waals surface area (Å²) in [5, 5.41) is 6.06. The van der Waals surface area contributed by atoms with E-state index in [1.807, 2.05) is 50.5 Å². The van der Waals surface area contributed by atoms with Gasteiger partial charge in [0.1, 0.15) is 11.8 Å². The molecule has 1 unspecified atom stereocenters. The molecule has 13 heteroatoms. The molecule has 45 heavy (non-hydrogen) atoms. The molecule has 0 radical (unpaired) electrons. The lowest BCUT2D eigenvalue weighted by Gasteiger charge is -2.34. The lowest BCUT2D eigenvalue weighted by molar-refractivity contribution is 0.149. The molecule has 2 aromatic heterocycles. The highest BCUT2D eigenvalue weighted by atomic mass is 31.2. The van der Waals surface area contributed by atoms with Crippen LogP contribution in [0, 0.1) is 5.92 Å². The van der Waals surface area contributed by atoms with Crippen LogP contribution in [-0.2, 0) is 24.6 Å². The zero-order valence-electron chi connectivity index (χ0n) is 26.6. The van der Waals surface area contributed by atoms with Gasteiger partial charge in [-0.1, -0.05) is 86.5 Å². The standard InChI is InChI=1S/C32H42N7O4PSi/c1-6-7-20-45(28-14-10-8-11-15-28,29-16-12-9-13-17-29)41-22-27(18-19-44(40,42-25(2)3)43-26(4)5)21-39-24-36-30-31(37-38-33)34-23-35-32(30)39/h8-19,23-27H,6-7,20-22H2,1-5H3. The van der Waals surface area contributed by atoms with Gasteiger partial charge in [-0.25, -0.2) is 15.0 Å². The average molecular weight is 648 g/mol. The van der Waals surface area contributed by atoms with Crippen molar-refractivity contribution in [3.05, 3.63) is 95.7 Å². The second-order valence-corrected chi connectivity index (χ2v) is 16.8. The zero-order chi connectivity index (χ0) is 32.3. The third kappa shape index (κ3) is 8.98. The normalized spacial score (nSPS) is 13.1. The Morgan fingerprint density at radius 3 is 2.16 bits per heavy atom. The van der Waals surface area contributed by atoms with E-state index in [1.165, 1.54) is 16.7 Å². The van der Waals surface area contributed by atoms with Crippen molar-refractivity contribution in [1.82, 2.24) is 19.5 Å². The van der Waals surface area contributed by atoms with Gasteiger partial charge in [0.25, 0.3) is 8.32 Å². The maximum absolute atomic E-state index is 13.8. The van der Waals surface area contributed by atoms with Crippen LogP contribution in [0.5, 0.6) is 0 Å². The minimum atomic E-state index is -3.57. The smallest absolute Gasteiger partial charge is 0.354 e. The summed E-state index contributed by atoms with van der Waals surface area (Å²) >= 11 is 0. The van der Waals surface area contributed by atoms with Crippen molar-refractivity contribution in [2.24, 2.45) is 11.0 Å². The van der Waals surface area contributed by atoms with Gasteiger partial charge in [-0.3, -0.25) is 4.57 Å². The highest BCUT2D eigenvalue weighted by Crippen LogP contribution is 2.52. The van der Waals surface area contributed by atoms with Crippen molar-refractivity contribution < 1.29 is 18.0 Å². The predicted molar refractivity (Wildman–Crippen MR) is 180 cm³/mol. The van der Waals surface area contributed by atoms with E-state index in [2.05, 4.69) is 80.4 Å². The van der Waals surface area contributed by atoms with Gasteiger partial charge >= 0.3 is 7.60 Å². The van der Waals surface area contributed by atoms with Crippen LogP contribution in [0.15, 0.2) is 90.3 Å². The van der Waals surface area contributed by atoms with Crippen molar-refractivity contribution in [3.63, 3.8) is 0 Å². The van der Waals surface area contributed by atoms with E-state index >= 15 is 0 Å². The molecule has 0 aliphatic rings. The zero-order valence-corrected chi connectivity index (χ0v) is 28.5. The minimum Gasteiger partial charge on any atom is -0.407 e. The van der Waals surface area contributed by atoms with E-state index < -0.39 is 15.9 Å². The first-order valence-corrected chi connectivity index (χ1v) is 19.0. The van der Waals surface area contributed by atoms with E-state index in [0.29, 0.717) is 24.3 Å². The number of hydrogen-bond donors (Lipinski definition) is 0. The topological polar surface area (TPSA) is 137 Å². The van der Waals surface area contributed by atoms with Crippen LogP contribution in [0.25, 0.3) is 21.6 Å². The van der Waals surface area contributed by atoms with Crippen LogP contribution in [0.1, 0.15) is 47.5 Å². The van der Waals surface area contributed by atoms with Gasteiger partial charge in [0.15, 0.2) is 11.5 Å². The van der Waals surface area contributed by atoms with Crippen LogP contribution < -0.4 is 10.4 Å². The molecule has 11 nitrogen and oxygen atoms in total. The van der Waals surface area contributed by atoms with E-state index in [9.17, 15) is 4.57 Å². The maximum atomic E-state index is 13.8. The molecule has 2 aromatic carbocycles.